The summed E-state index contributed by atoms with van der Waals surface area (Å²) in [5.41, 5.74) is 3.52. The van der Waals surface area contributed by atoms with E-state index in [0.29, 0.717) is 39.9 Å². The van der Waals surface area contributed by atoms with Crippen LogP contribution in [0.2, 0.25) is 10.0 Å². The van der Waals surface area contributed by atoms with E-state index in [2.05, 4.69) is 42.2 Å². The largest absolute Gasteiger partial charge is 0.476 e. The van der Waals surface area contributed by atoms with Gasteiger partial charge in [0.15, 0.2) is 0 Å². The Morgan fingerprint density at radius 3 is 2.35 bits per heavy atom. The fourth-order valence-electron chi connectivity index (χ4n) is 5.94. The van der Waals surface area contributed by atoms with Gasteiger partial charge >= 0.3 is 0 Å². The Hall–Kier alpha value is -2.09. The van der Waals surface area contributed by atoms with E-state index in [-0.39, 0.29) is 11.0 Å². The van der Waals surface area contributed by atoms with Gasteiger partial charge in [-0.3, -0.25) is 9.67 Å². The molecule has 0 amide bonds. The fraction of sp³-hybridized carbons (Fsp3) is 0.607. The van der Waals surface area contributed by atoms with Crippen LogP contribution >= 0.6 is 23.2 Å². The van der Waals surface area contributed by atoms with Crippen LogP contribution in [0, 0.1) is 12.3 Å². The minimum atomic E-state index is -0.113. The summed E-state index contributed by atoms with van der Waals surface area (Å²) in [5, 5.41) is 9.99. The van der Waals surface area contributed by atoms with E-state index < -0.39 is 0 Å². The molecule has 2 bridgehead atoms. The van der Waals surface area contributed by atoms with E-state index in [1.165, 1.54) is 0 Å². The van der Waals surface area contributed by atoms with Crippen LogP contribution in [-0.4, -0.2) is 32.1 Å². The molecule has 0 aromatic carbocycles. The highest BCUT2D eigenvalue weighted by Gasteiger charge is 2.50. The lowest BCUT2D eigenvalue weighted by Gasteiger charge is -2.52. The van der Waals surface area contributed by atoms with Gasteiger partial charge in [-0.25, -0.2) is 0 Å². The molecule has 3 heterocycles. The van der Waals surface area contributed by atoms with Gasteiger partial charge in [-0.05, 0) is 72.1 Å². The average Bonchev–Trinajstić information content (AvgIpc) is 3.54. The van der Waals surface area contributed by atoms with Crippen LogP contribution < -0.4 is 4.74 Å². The second kappa shape index (κ2) is 9.58. The highest BCUT2D eigenvalue weighted by atomic mass is 35.5. The number of rotatable bonds is 9. The van der Waals surface area contributed by atoms with Crippen LogP contribution in [0.4, 0.5) is 0 Å². The molecule has 37 heavy (non-hydrogen) atoms. The van der Waals surface area contributed by atoms with Gasteiger partial charge in [0.05, 0.1) is 28.9 Å². The molecule has 0 aliphatic heterocycles. The van der Waals surface area contributed by atoms with Crippen LogP contribution in [0.3, 0.4) is 0 Å². The third-order valence-corrected chi connectivity index (χ3v) is 9.20. The highest BCUT2D eigenvalue weighted by Crippen LogP contribution is 2.55. The van der Waals surface area contributed by atoms with E-state index in [0.717, 1.165) is 80.7 Å². The van der Waals surface area contributed by atoms with Crippen LogP contribution in [0.5, 0.6) is 5.88 Å². The summed E-state index contributed by atoms with van der Waals surface area (Å²) in [7, 11) is 0. The molecule has 0 unspecified atom stereocenters. The molecule has 0 spiro atoms. The first-order valence-electron chi connectivity index (χ1n) is 13.4. The molecule has 7 nitrogen and oxygen atoms in total. The molecule has 3 aromatic rings. The number of nitrogens with zero attached hydrogens (tertiary/aromatic N) is 4. The number of pyridine rings is 1. The van der Waals surface area contributed by atoms with Gasteiger partial charge < -0.3 is 14.0 Å². The number of fused-ring (bicyclic) bond motifs is 3. The molecule has 0 atom stereocenters. The van der Waals surface area contributed by atoms with Crippen molar-refractivity contribution in [2.75, 3.05) is 6.61 Å². The highest BCUT2D eigenvalue weighted by molar-refractivity contribution is 6.38. The molecule has 4 fully saturated rings. The summed E-state index contributed by atoms with van der Waals surface area (Å²) in [5.74, 6) is 2.09. The minimum absolute atomic E-state index is 0.113. The fourth-order valence-corrected chi connectivity index (χ4v) is 6.49. The van der Waals surface area contributed by atoms with E-state index >= 15 is 0 Å². The SMILES string of the molecule is Cc1cn(C(C)C)nc1OCC12CCC(OCc3c(-c4c(Cl)cncc4Cl)noc3C3CC3)(CC1)CC2. The van der Waals surface area contributed by atoms with Gasteiger partial charge in [0.2, 0.25) is 5.88 Å². The normalized spacial score (nSPS) is 25.2. The molecular formula is C28H34Cl2N4O3. The molecule has 0 N–H and O–H groups in total. The Kier molecular flexibility index (Phi) is 6.53. The van der Waals surface area contributed by atoms with Crippen LogP contribution in [0.15, 0.2) is 23.1 Å². The molecule has 7 rings (SSSR count). The van der Waals surface area contributed by atoms with Crippen molar-refractivity contribution in [2.24, 2.45) is 5.41 Å². The molecule has 4 saturated carbocycles. The molecule has 9 heteroatoms. The molecule has 4 aliphatic carbocycles. The van der Waals surface area contributed by atoms with Gasteiger partial charge in [-0.2, -0.15) is 0 Å². The number of hydrogen-bond acceptors (Lipinski definition) is 6. The quantitative estimate of drug-likeness (QED) is 0.274. The molecule has 3 aromatic heterocycles. The minimum Gasteiger partial charge on any atom is -0.476 e. The Bertz CT molecular complexity index is 1250. The third kappa shape index (κ3) is 4.79. The number of ether oxygens (including phenoxy) is 2. The van der Waals surface area contributed by atoms with E-state index in [1.807, 2.05) is 4.68 Å². The Labute approximate surface area is 227 Å². The van der Waals surface area contributed by atoms with Crippen molar-refractivity contribution >= 4 is 23.2 Å². The van der Waals surface area contributed by atoms with Crippen molar-refractivity contribution in [3.63, 3.8) is 0 Å². The lowest BCUT2D eigenvalue weighted by atomic mass is 9.59. The second-order valence-electron chi connectivity index (χ2n) is 11.6. The van der Waals surface area contributed by atoms with E-state index in [9.17, 15) is 0 Å². The molecule has 198 valence electrons. The summed E-state index contributed by atoms with van der Waals surface area (Å²) in [6, 6.07) is 0.327. The number of aromatic nitrogens is 4. The molecule has 0 saturated heterocycles. The summed E-state index contributed by atoms with van der Waals surface area (Å²) in [6.07, 6.45) is 13.9. The lowest BCUT2D eigenvalue weighted by molar-refractivity contribution is -0.150. The maximum absolute atomic E-state index is 6.76. The van der Waals surface area contributed by atoms with Crippen molar-refractivity contribution in [1.82, 2.24) is 19.9 Å². The maximum atomic E-state index is 6.76. The van der Waals surface area contributed by atoms with Gasteiger partial charge in [-0.15, -0.1) is 5.10 Å². The third-order valence-electron chi connectivity index (χ3n) is 8.63. The smallest absolute Gasteiger partial charge is 0.235 e. The lowest BCUT2D eigenvalue weighted by Crippen LogP contribution is -2.49. The molecular weight excluding hydrogens is 511 g/mol. The molecule has 4 aliphatic rings. The van der Waals surface area contributed by atoms with Crippen molar-refractivity contribution in [2.45, 2.75) is 96.3 Å². The van der Waals surface area contributed by atoms with Crippen molar-refractivity contribution in [3.8, 4) is 17.1 Å². The first-order chi connectivity index (χ1) is 17.8. The standard InChI is InChI=1S/C28H34Cl2N4O3/c1-17(2)34-14-18(3)26(32-34)35-16-27-6-9-28(10-7-27,11-8-27)36-15-20-24(33-37-25(20)19-4-5-19)23-21(29)12-31-13-22(23)30/h12-14,17,19H,4-11,15-16H2,1-3H3. The summed E-state index contributed by atoms with van der Waals surface area (Å²) in [6.45, 7) is 7.51. The second-order valence-corrected chi connectivity index (χ2v) is 12.4. The zero-order valence-corrected chi connectivity index (χ0v) is 23.2. The van der Waals surface area contributed by atoms with Gasteiger partial charge in [-0.1, -0.05) is 28.4 Å². The van der Waals surface area contributed by atoms with Crippen LogP contribution in [0.25, 0.3) is 11.3 Å². The van der Waals surface area contributed by atoms with Gasteiger partial charge in [0, 0.05) is 52.7 Å². The van der Waals surface area contributed by atoms with Crippen molar-refractivity contribution in [1.29, 1.82) is 0 Å². The Balaban J connectivity index is 1.14. The Morgan fingerprint density at radius 1 is 1.08 bits per heavy atom. The first-order valence-corrected chi connectivity index (χ1v) is 14.1. The maximum Gasteiger partial charge on any atom is 0.235 e. The molecule has 0 radical (unpaired) electrons. The predicted molar refractivity (Wildman–Crippen MR) is 142 cm³/mol. The number of hydrogen-bond donors (Lipinski definition) is 0. The summed E-state index contributed by atoms with van der Waals surface area (Å²) < 4.78 is 20.9. The number of aryl methyl sites for hydroxylation is 1. The van der Waals surface area contributed by atoms with Crippen LogP contribution in [0.1, 0.15) is 94.1 Å². The monoisotopic (exact) mass is 544 g/mol. The average molecular weight is 546 g/mol. The summed E-state index contributed by atoms with van der Waals surface area (Å²) >= 11 is 13.0. The summed E-state index contributed by atoms with van der Waals surface area (Å²) in [4.78, 5) is 4.09. The van der Waals surface area contributed by atoms with Crippen molar-refractivity contribution < 1.29 is 14.0 Å². The topological polar surface area (TPSA) is 75.2 Å². The predicted octanol–water partition coefficient (Wildman–Crippen LogP) is 7.70. The van der Waals surface area contributed by atoms with Gasteiger partial charge in [0.25, 0.3) is 0 Å². The van der Waals surface area contributed by atoms with E-state index in [4.69, 9.17) is 37.2 Å². The number of halogens is 2. The van der Waals surface area contributed by atoms with Crippen LogP contribution in [-0.2, 0) is 11.3 Å². The van der Waals surface area contributed by atoms with Crippen molar-refractivity contribution in [3.05, 3.63) is 45.5 Å². The van der Waals surface area contributed by atoms with Gasteiger partial charge in [0.1, 0.15) is 11.5 Å². The van der Waals surface area contributed by atoms with E-state index in [1.54, 1.807) is 12.4 Å². The first kappa shape index (κ1) is 25.2. The zero-order valence-electron chi connectivity index (χ0n) is 21.7. The zero-order chi connectivity index (χ0) is 25.8. The Morgan fingerprint density at radius 2 is 1.76 bits per heavy atom.